The molecule has 170 valence electrons. The minimum absolute atomic E-state index is 0.0846. The molecule has 4 rings (SSSR count). The van der Waals surface area contributed by atoms with Gasteiger partial charge in [-0.05, 0) is 47.5 Å². The van der Waals surface area contributed by atoms with E-state index in [1.807, 2.05) is 60.7 Å². The van der Waals surface area contributed by atoms with Crippen molar-refractivity contribution in [3.05, 3.63) is 89.7 Å². The van der Waals surface area contributed by atoms with Crippen LogP contribution in [0.4, 0.5) is 0 Å². The van der Waals surface area contributed by atoms with Crippen LogP contribution in [-0.4, -0.2) is 23.2 Å². The first kappa shape index (κ1) is 22.3. The number of rotatable bonds is 11. The van der Waals surface area contributed by atoms with Crippen LogP contribution in [0.25, 0.3) is 11.4 Å². The SMILES string of the molecule is COc1ccc(-c2noc(CCC(=O)NCc3cccc(COCc4ccco4)c3)n2)cc1. The molecular weight excluding hydrogens is 422 g/mol. The molecule has 0 aliphatic carbocycles. The van der Waals surface area contributed by atoms with Crippen LogP contribution in [0.2, 0.25) is 0 Å². The smallest absolute Gasteiger partial charge is 0.227 e. The van der Waals surface area contributed by atoms with Gasteiger partial charge in [0.1, 0.15) is 18.1 Å². The van der Waals surface area contributed by atoms with Gasteiger partial charge in [-0.1, -0.05) is 29.4 Å². The molecule has 0 saturated heterocycles. The minimum Gasteiger partial charge on any atom is -0.497 e. The van der Waals surface area contributed by atoms with E-state index < -0.39 is 0 Å². The normalized spacial score (nSPS) is 10.8. The van der Waals surface area contributed by atoms with Gasteiger partial charge in [-0.25, -0.2) is 0 Å². The first-order valence-corrected chi connectivity index (χ1v) is 10.6. The Morgan fingerprint density at radius 3 is 2.67 bits per heavy atom. The van der Waals surface area contributed by atoms with E-state index in [1.54, 1.807) is 13.4 Å². The zero-order valence-electron chi connectivity index (χ0n) is 18.3. The number of aromatic nitrogens is 2. The van der Waals surface area contributed by atoms with Gasteiger partial charge in [0.2, 0.25) is 17.6 Å². The van der Waals surface area contributed by atoms with Gasteiger partial charge in [0.25, 0.3) is 0 Å². The van der Waals surface area contributed by atoms with Crippen molar-refractivity contribution in [2.75, 3.05) is 7.11 Å². The Morgan fingerprint density at radius 2 is 1.88 bits per heavy atom. The van der Waals surface area contributed by atoms with Crippen LogP contribution in [0.3, 0.4) is 0 Å². The molecule has 0 fully saturated rings. The lowest BCUT2D eigenvalue weighted by Gasteiger charge is -2.07. The molecule has 0 radical (unpaired) electrons. The third kappa shape index (κ3) is 6.54. The highest BCUT2D eigenvalue weighted by atomic mass is 16.5. The molecule has 0 spiro atoms. The number of carbonyl (C=O) groups excluding carboxylic acids is 1. The van der Waals surface area contributed by atoms with Crippen molar-refractivity contribution in [1.82, 2.24) is 15.5 Å². The number of methoxy groups -OCH3 is 1. The second-order valence-corrected chi connectivity index (χ2v) is 7.41. The van der Waals surface area contributed by atoms with Gasteiger partial charge >= 0.3 is 0 Å². The molecule has 0 aliphatic heterocycles. The van der Waals surface area contributed by atoms with Crippen LogP contribution in [0, 0.1) is 0 Å². The lowest BCUT2D eigenvalue weighted by molar-refractivity contribution is -0.121. The molecule has 0 atom stereocenters. The Balaban J connectivity index is 1.21. The largest absolute Gasteiger partial charge is 0.497 e. The summed E-state index contributed by atoms with van der Waals surface area (Å²) in [6.45, 7) is 1.33. The molecule has 0 saturated carbocycles. The third-order valence-electron chi connectivity index (χ3n) is 4.96. The van der Waals surface area contributed by atoms with Crippen LogP contribution in [-0.2, 0) is 35.7 Å². The fourth-order valence-electron chi connectivity index (χ4n) is 3.22. The summed E-state index contributed by atoms with van der Waals surface area (Å²) in [6, 6.07) is 19.0. The summed E-state index contributed by atoms with van der Waals surface area (Å²) in [5.74, 6) is 2.37. The molecule has 8 heteroatoms. The van der Waals surface area contributed by atoms with Gasteiger partial charge in [-0.15, -0.1) is 0 Å². The number of nitrogens with one attached hydrogen (secondary N) is 1. The van der Waals surface area contributed by atoms with E-state index in [-0.39, 0.29) is 12.3 Å². The Labute approximate surface area is 191 Å². The van der Waals surface area contributed by atoms with Crippen molar-refractivity contribution in [3.63, 3.8) is 0 Å². The number of furan rings is 1. The van der Waals surface area contributed by atoms with Crippen LogP contribution in [0.1, 0.15) is 29.2 Å². The van der Waals surface area contributed by atoms with Crippen LogP contribution < -0.4 is 10.1 Å². The number of ether oxygens (including phenoxy) is 2. The molecule has 1 amide bonds. The Hall–Kier alpha value is -3.91. The second-order valence-electron chi connectivity index (χ2n) is 7.41. The maximum Gasteiger partial charge on any atom is 0.227 e. The summed E-state index contributed by atoms with van der Waals surface area (Å²) < 4.78 is 21.3. The van der Waals surface area contributed by atoms with Gasteiger partial charge in [0.15, 0.2) is 0 Å². The number of nitrogens with zero attached hydrogens (tertiary/aromatic N) is 2. The fourth-order valence-corrected chi connectivity index (χ4v) is 3.22. The van der Waals surface area contributed by atoms with E-state index in [1.165, 1.54) is 0 Å². The second kappa shape index (κ2) is 11.1. The topological polar surface area (TPSA) is 99.6 Å². The molecule has 2 aromatic carbocycles. The lowest BCUT2D eigenvalue weighted by Crippen LogP contribution is -2.23. The molecule has 8 nitrogen and oxygen atoms in total. The van der Waals surface area contributed by atoms with Crippen LogP contribution in [0.15, 0.2) is 75.9 Å². The van der Waals surface area contributed by atoms with E-state index in [9.17, 15) is 4.79 Å². The number of hydrogen-bond acceptors (Lipinski definition) is 7. The molecule has 2 heterocycles. The number of benzene rings is 2. The Kier molecular flexibility index (Phi) is 7.50. The number of amides is 1. The maximum atomic E-state index is 12.3. The summed E-state index contributed by atoms with van der Waals surface area (Å²) in [7, 11) is 1.61. The molecule has 33 heavy (non-hydrogen) atoms. The monoisotopic (exact) mass is 447 g/mol. The van der Waals surface area contributed by atoms with E-state index in [0.29, 0.717) is 37.9 Å². The highest BCUT2D eigenvalue weighted by Gasteiger charge is 2.11. The van der Waals surface area contributed by atoms with Crippen LogP contribution >= 0.6 is 0 Å². The fraction of sp³-hybridized carbons (Fsp3) is 0.240. The van der Waals surface area contributed by atoms with Crippen molar-refractivity contribution >= 4 is 5.91 Å². The van der Waals surface area contributed by atoms with E-state index in [0.717, 1.165) is 28.2 Å². The quantitative estimate of drug-likeness (QED) is 0.366. The predicted molar refractivity (Wildman–Crippen MR) is 120 cm³/mol. The third-order valence-corrected chi connectivity index (χ3v) is 4.96. The molecule has 0 bridgehead atoms. The van der Waals surface area contributed by atoms with Gasteiger partial charge in [-0.2, -0.15) is 4.98 Å². The van der Waals surface area contributed by atoms with E-state index in [2.05, 4.69) is 15.5 Å². The summed E-state index contributed by atoms with van der Waals surface area (Å²) in [5.41, 5.74) is 2.86. The maximum absolute atomic E-state index is 12.3. The molecule has 4 aromatic rings. The summed E-state index contributed by atoms with van der Waals surface area (Å²) >= 11 is 0. The summed E-state index contributed by atoms with van der Waals surface area (Å²) in [5, 5.41) is 6.92. The Morgan fingerprint density at radius 1 is 1.03 bits per heavy atom. The molecule has 2 aromatic heterocycles. The Bertz CT molecular complexity index is 1150. The first-order chi connectivity index (χ1) is 16.2. The zero-order chi connectivity index (χ0) is 22.9. The van der Waals surface area contributed by atoms with Crippen LogP contribution in [0.5, 0.6) is 5.75 Å². The predicted octanol–water partition coefficient (Wildman–Crippen LogP) is 4.30. The van der Waals surface area contributed by atoms with Gasteiger partial charge < -0.3 is 23.7 Å². The zero-order valence-corrected chi connectivity index (χ0v) is 18.3. The standard InChI is InChI=1S/C25H25N3O5/c1-30-21-9-7-20(8-10-21)25-27-24(33-28-25)12-11-23(29)26-15-18-4-2-5-19(14-18)16-31-17-22-6-3-13-32-22/h2-10,13-14H,11-12,15-17H2,1H3,(H,26,29). The first-order valence-electron chi connectivity index (χ1n) is 10.6. The van der Waals surface area contributed by atoms with Gasteiger partial charge in [0, 0.05) is 24.9 Å². The highest BCUT2D eigenvalue weighted by molar-refractivity contribution is 5.76. The van der Waals surface area contributed by atoms with Crippen molar-refractivity contribution < 1.29 is 23.2 Å². The van der Waals surface area contributed by atoms with Gasteiger partial charge in [-0.3, -0.25) is 4.79 Å². The van der Waals surface area contributed by atoms with Crippen molar-refractivity contribution in [1.29, 1.82) is 0 Å². The van der Waals surface area contributed by atoms with Gasteiger partial charge in [0.05, 0.1) is 20.0 Å². The molecular formula is C25H25N3O5. The minimum atomic E-state index is -0.0846. The average Bonchev–Trinajstić information content (AvgIpc) is 3.54. The van der Waals surface area contributed by atoms with Crippen molar-refractivity contribution in [2.45, 2.75) is 32.6 Å². The molecule has 0 unspecified atom stereocenters. The lowest BCUT2D eigenvalue weighted by atomic mass is 10.1. The van der Waals surface area contributed by atoms with E-state index >= 15 is 0 Å². The number of aryl methyl sites for hydroxylation is 1. The number of carbonyl (C=O) groups is 1. The average molecular weight is 447 g/mol. The highest BCUT2D eigenvalue weighted by Crippen LogP contribution is 2.20. The summed E-state index contributed by atoms with van der Waals surface area (Å²) in [6.07, 6.45) is 2.26. The summed E-state index contributed by atoms with van der Waals surface area (Å²) in [4.78, 5) is 16.6. The number of hydrogen-bond donors (Lipinski definition) is 1. The van der Waals surface area contributed by atoms with E-state index in [4.69, 9.17) is 18.4 Å². The molecule has 0 aliphatic rings. The van der Waals surface area contributed by atoms with Crippen molar-refractivity contribution in [2.24, 2.45) is 0 Å². The molecule has 1 N–H and O–H groups in total. The van der Waals surface area contributed by atoms with Crippen molar-refractivity contribution in [3.8, 4) is 17.1 Å².